The molecule has 4 aromatic rings. The minimum Gasteiger partial charge on any atom is -0.468 e. The number of fused-ring (bicyclic) bond motifs is 2. The maximum absolute atomic E-state index is 14.5. The van der Waals surface area contributed by atoms with E-state index in [4.69, 9.17) is 4.74 Å². The fourth-order valence-corrected chi connectivity index (χ4v) is 6.66. The first-order valence-electron chi connectivity index (χ1n) is 10.9. The average Bonchev–Trinajstić information content (AvgIpc) is 3.47. The summed E-state index contributed by atoms with van der Waals surface area (Å²) in [6.45, 7) is 0.0262. The summed E-state index contributed by atoms with van der Waals surface area (Å²) >= 11 is 1.06. The summed E-state index contributed by atoms with van der Waals surface area (Å²) in [5.74, 6) is -1.83. The van der Waals surface area contributed by atoms with Crippen molar-refractivity contribution in [2.45, 2.75) is 17.9 Å². The highest BCUT2D eigenvalue weighted by Crippen LogP contribution is 2.32. The highest BCUT2D eigenvalue weighted by molar-refractivity contribution is 7.92. The van der Waals surface area contributed by atoms with Gasteiger partial charge in [-0.15, -0.1) is 0 Å². The molecule has 11 heteroatoms. The number of halogens is 1. The molecule has 3 aromatic carbocycles. The van der Waals surface area contributed by atoms with Gasteiger partial charge in [0.05, 0.1) is 27.9 Å². The highest BCUT2D eigenvalue weighted by Gasteiger charge is 2.30. The van der Waals surface area contributed by atoms with Gasteiger partial charge < -0.3 is 9.30 Å². The van der Waals surface area contributed by atoms with Crippen LogP contribution in [0.2, 0.25) is 0 Å². The lowest BCUT2D eigenvalue weighted by Gasteiger charge is -2.19. The number of aromatic nitrogens is 1. The number of hydrogen-bond acceptors (Lipinski definition) is 6. The first-order valence-corrected chi connectivity index (χ1v) is 13.2. The molecule has 36 heavy (non-hydrogen) atoms. The van der Waals surface area contributed by atoms with E-state index in [1.165, 1.54) is 52.4 Å². The Kier molecular flexibility index (Phi) is 6.19. The molecule has 0 spiro atoms. The van der Waals surface area contributed by atoms with Gasteiger partial charge in [-0.1, -0.05) is 35.6 Å². The molecule has 2 heterocycles. The summed E-state index contributed by atoms with van der Waals surface area (Å²) < 4.78 is 48.8. The van der Waals surface area contributed by atoms with E-state index in [2.05, 4.69) is 4.99 Å². The van der Waals surface area contributed by atoms with Crippen molar-refractivity contribution in [3.05, 3.63) is 88.5 Å². The van der Waals surface area contributed by atoms with E-state index in [1.54, 1.807) is 18.2 Å². The second-order valence-electron chi connectivity index (χ2n) is 8.03. The van der Waals surface area contributed by atoms with Crippen molar-refractivity contribution in [3.8, 4) is 0 Å². The molecule has 1 aromatic heterocycles. The molecule has 1 amide bonds. The molecule has 0 saturated heterocycles. The molecule has 0 radical (unpaired) electrons. The van der Waals surface area contributed by atoms with Gasteiger partial charge >= 0.3 is 5.97 Å². The summed E-state index contributed by atoms with van der Waals surface area (Å²) in [4.78, 5) is 29.1. The number of benzene rings is 3. The van der Waals surface area contributed by atoms with Gasteiger partial charge in [-0.3, -0.25) is 13.9 Å². The van der Waals surface area contributed by atoms with Crippen LogP contribution in [0.25, 0.3) is 10.2 Å². The van der Waals surface area contributed by atoms with E-state index in [-0.39, 0.29) is 27.3 Å². The van der Waals surface area contributed by atoms with Crippen molar-refractivity contribution in [2.75, 3.05) is 18.0 Å². The molecule has 0 N–H and O–H groups in total. The van der Waals surface area contributed by atoms with Crippen LogP contribution >= 0.6 is 11.3 Å². The summed E-state index contributed by atoms with van der Waals surface area (Å²) in [6.07, 6.45) is 0.631. The number of sulfonamides is 1. The first kappa shape index (κ1) is 23.9. The number of amides is 1. The van der Waals surface area contributed by atoms with Crippen LogP contribution in [-0.4, -0.2) is 38.5 Å². The molecular weight excluding hydrogens is 505 g/mol. The molecule has 0 aliphatic carbocycles. The van der Waals surface area contributed by atoms with E-state index in [0.29, 0.717) is 23.4 Å². The highest BCUT2D eigenvalue weighted by atomic mass is 32.2. The lowest BCUT2D eigenvalue weighted by atomic mass is 10.2. The topological polar surface area (TPSA) is 98.0 Å². The third-order valence-corrected chi connectivity index (χ3v) is 8.77. The van der Waals surface area contributed by atoms with Crippen molar-refractivity contribution in [1.29, 1.82) is 0 Å². The van der Waals surface area contributed by atoms with Crippen molar-refractivity contribution in [2.24, 2.45) is 4.99 Å². The minimum absolute atomic E-state index is 0.0560. The number of para-hydroxylation sites is 2. The molecule has 0 unspecified atom stereocenters. The third kappa shape index (κ3) is 4.20. The maximum atomic E-state index is 14.5. The van der Waals surface area contributed by atoms with Crippen molar-refractivity contribution in [1.82, 2.24) is 4.57 Å². The van der Waals surface area contributed by atoms with E-state index in [0.717, 1.165) is 16.9 Å². The predicted octanol–water partition coefficient (Wildman–Crippen LogP) is 3.51. The van der Waals surface area contributed by atoms with Crippen molar-refractivity contribution < 1.29 is 27.1 Å². The van der Waals surface area contributed by atoms with Gasteiger partial charge in [0.2, 0.25) is 0 Å². The lowest BCUT2D eigenvalue weighted by molar-refractivity contribution is -0.141. The van der Waals surface area contributed by atoms with Gasteiger partial charge in [0.15, 0.2) is 4.80 Å². The van der Waals surface area contributed by atoms with Gasteiger partial charge in [-0.2, -0.15) is 4.99 Å². The summed E-state index contributed by atoms with van der Waals surface area (Å²) in [7, 11) is -2.59. The predicted molar refractivity (Wildman–Crippen MR) is 133 cm³/mol. The number of ether oxygens (including phenoxy) is 1. The Morgan fingerprint density at radius 1 is 1.06 bits per heavy atom. The van der Waals surface area contributed by atoms with Crippen LogP contribution in [0.5, 0.6) is 0 Å². The molecule has 5 rings (SSSR count). The SMILES string of the molecule is COC(=O)Cn1c(=NC(=O)c2ccc(S(=O)(=O)N3CCc4ccccc43)cc2)sc2cccc(F)c21. The molecule has 184 valence electrons. The Morgan fingerprint density at radius 3 is 2.56 bits per heavy atom. The normalized spacial score (nSPS) is 13.7. The average molecular weight is 526 g/mol. The van der Waals surface area contributed by atoms with Crippen LogP contribution in [-0.2, 0) is 32.5 Å². The Bertz CT molecular complexity index is 1670. The zero-order valence-corrected chi connectivity index (χ0v) is 20.7. The second kappa shape index (κ2) is 9.32. The van der Waals surface area contributed by atoms with Gasteiger partial charge in [0.25, 0.3) is 15.9 Å². The van der Waals surface area contributed by atoms with Crippen LogP contribution in [0, 0.1) is 5.82 Å². The Morgan fingerprint density at radius 2 is 1.81 bits per heavy atom. The van der Waals surface area contributed by atoms with Crippen molar-refractivity contribution >= 4 is 49.1 Å². The van der Waals surface area contributed by atoms with Crippen LogP contribution in [0.15, 0.2) is 76.6 Å². The quantitative estimate of drug-likeness (QED) is 0.372. The number of carbonyl (C=O) groups is 2. The van der Waals surface area contributed by atoms with Gasteiger partial charge in [-0.25, -0.2) is 12.8 Å². The number of thiazole rings is 1. The molecule has 0 atom stereocenters. The van der Waals surface area contributed by atoms with Crippen LogP contribution in [0.1, 0.15) is 15.9 Å². The molecule has 0 bridgehead atoms. The number of anilines is 1. The zero-order valence-electron chi connectivity index (χ0n) is 19.0. The summed E-state index contributed by atoms with van der Waals surface area (Å²) in [6, 6.07) is 17.3. The van der Waals surface area contributed by atoms with Crippen LogP contribution in [0.3, 0.4) is 0 Å². The smallest absolute Gasteiger partial charge is 0.325 e. The molecule has 8 nitrogen and oxygen atoms in total. The zero-order chi connectivity index (χ0) is 25.4. The number of rotatable bonds is 5. The monoisotopic (exact) mass is 525 g/mol. The van der Waals surface area contributed by atoms with E-state index >= 15 is 0 Å². The summed E-state index contributed by atoms with van der Waals surface area (Å²) in [5.41, 5.74) is 1.91. The fraction of sp³-hybridized carbons (Fsp3) is 0.160. The van der Waals surface area contributed by atoms with E-state index < -0.39 is 27.7 Å². The Hall–Kier alpha value is -3.83. The Labute approximate surface area is 209 Å². The largest absolute Gasteiger partial charge is 0.468 e. The molecular formula is C25H20FN3O5S2. The molecule has 0 fully saturated rings. The minimum atomic E-state index is -3.80. The Balaban J connectivity index is 1.48. The molecule has 1 aliphatic heterocycles. The molecule has 0 saturated carbocycles. The summed E-state index contributed by atoms with van der Waals surface area (Å²) in [5, 5.41) is 0. The second-order valence-corrected chi connectivity index (χ2v) is 10.9. The third-order valence-electron chi connectivity index (χ3n) is 5.90. The lowest BCUT2D eigenvalue weighted by Crippen LogP contribution is -2.29. The first-order chi connectivity index (χ1) is 17.3. The fourth-order valence-electron chi connectivity index (χ4n) is 4.12. The number of nitrogens with zero attached hydrogens (tertiary/aromatic N) is 3. The number of esters is 1. The maximum Gasteiger partial charge on any atom is 0.325 e. The van der Waals surface area contributed by atoms with Crippen molar-refractivity contribution in [3.63, 3.8) is 0 Å². The van der Waals surface area contributed by atoms with Gasteiger partial charge in [-0.05, 0) is 54.4 Å². The van der Waals surface area contributed by atoms with Crippen LogP contribution < -0.4 is 9.11 Å². The van der Waals surface area contributed by atoms with E-state index in [9.17, 15) is 22.4 Å². The van der Waals surface area contributed by atoms with Crippen LogP contribution in [0.4, 0.5) is 10.1 Å². The molecule has 1 aliphatic rings. The number of hydrogen-bond donors (Lipinski definition) is 0. The van der Waals surface area contributed by atoms with E-state index in [1.807, 2.05) is 12.1 Å². The number of carbonyl (C=O) groups excluding carboxylic acids is 2. The number of methoxy groups -OCH3 is 1. The van der Waals surface area contributed by atoms with Gasteiger partial charge in [0.1, 0.15) is 12.4 Å². The van der Waals surface area contributed by atoms with Gasteiger partial charge in [0, 0.05) is 12.1 Å². The standard InChI is InChI=1S/C25H20FN3O5S2/c1-34-22(30)15-28-23-19(26)6-4-8-21(23)35-25(28)27-24(31)17-9-11-18(12-10-17)36(32,33)29-14-13-16-5-2-3-7-20(16)29/h2-12H,13-15H2,1H3.